The maximum Gasteiger partial charge on any atom is 0.295 e. The summed E-state index contributed by atoms with van der Waals surface area (Å²) in [5.41, 5.74) is 11.4. The zero-order valence-corrected chi connectivity index (χ0v) is 21.4. The Bertz CT molecular complexity index is 1540. The molecule has 10 heteroatoms. The molecule has 4 aromatic heterocycles. The summed E-state index contributed by atoms with van der Waals surface area (Å²) in [6.45, 7) is 6.52. The summed E-state index contributed by atoms with van der Waals surface area (Å²) in [4.78, 5) is 41.5. The van der Waals surface area contributed by atoms with E-state index in [9.17, 15) is 4.79 Å². The minimum atomic E-state index is -0.185. The first kappa shape index (κ1) is 23.4. The number of rotatable bonds is 8. The number of nitrogen functional groups attached to an aromatic ring is 1. The molecule has 0 spiro atoms. The number of hydrogen-bond acceptors (Lipinski definition) is 9. The largest absolute Gasteiger partial charge is 0.368 e. The third kappa shape index (κ3) is 4.52. The smallest absolute Gasteiger partial charge is 0.295 e. The second-order valence-electron chi connectivity index (χ2n) is 10.2. The van der Waals surface area contributed by atoms with Gasteiger partial charge in [-0.15, -0.1) is 0 Å². The Morgan fingerprint density at radius 1 is 1.08 bits per heavy atom. The lowest BCUT2D eigenvalue weighted by molar-refractivity contribution is 0.482. The number of fused-ring (bicyclic) bond motifs is 1. The number of aryl methyl sites for hydroxylation is 2. The number of anilines is 2. The highest BCUT2D eigenvalue weighted by atomic mass is 16.1. The Labute approximate surface area is 214 Å². The van der Waals surface area contributed by atoms with Crippen molar-refractivity contribution in [1.29, 1.82) is 0 Å². The molecule has 0 amide bonds. The highest BCUT2D eigenvalue weighted by Gasteiger charge is 2.33. The molecule has 0 aliphatic heterocycles. The number of nitrogens with one attached hydrogen (secondary N) is 1. The molecule has 0 aromatic carbocycles. The minimum absolute atomic E-state index is 0.00462. The molecule has 3 N–H and O–H groups in total. The van der Waals surface area contributed by atoms with Gasteiger partial charge < -0.3 is 11.1 Å². The summed E-state index contributed by atoms with van der Waals surface area (Å²) < 4.78 is 1.79. The molecule has 0 bridgehead atoms. The van der Waals surface area contributed by atoms with E-state index in [4.69, 9.17) is 15.7 Å². The lowest BCUT2D eigenvalue weighted by Crippen LogP contribution is -2.29. The maximum atomic E-state index is 13.7. The van der Waals surface area contributed by atoms with E-state index in [0.29, 0.717) is 41.8 Å². The van der Waals surface area contributed by atoms with Gasteiger partial charge in [-0.1, -0.05) is 13.0 Å². The van der Waals surface area contributed by atoms with Crippen LogP contribution in [0.15, 0.2) is 29.3 Å². The van der Waals surface area contributed by atoms with Crippen LogP contribution < -0.4 is 16.6 Å². The van der Waals surface area contributed by atoms with E-state index < -0.39 is 0 Å². The summed E-state index contributed by atoms with van der Waals surface area (Å²) in [5.74, 6) is 1.87. The standard InChI is InChI=1S/C27H31N9O/c1-4-19-21(22(17-8-9-17)34-27(28)33-19)23-31-13-20-25(35-23)36(15(3)16-6-7-16)26(37)24(32-20)30-12-18-10-5-14(2)11-29-18/h5,10-11,13,15-17H,4,6-9,12H2,1-3H3,(H,30,32)(H2,28,33,34)/t15-/m0/s1. The monoisotopic (exact) mass is 497 g/mol. The number of nitrogens with two attached hydrogens (primary N) is 1. The molecule has 2 saturated carbocycles. The van der Waals surface area contributed by atoms with Gasteiger partial charge in [0.15, 0.2) is 17.3 Å². The zero-order valence-electron chi connectivity index (χ0n) is 21.4. The van der Waals surface area contributed by atoms with Crippen LogP contribution in [-0.4, -0.2) is 34.5 Å². The van der Waals surface area contributed by atoms with Gasteiger partial charge >= 0.3 is 0 Å². The molecule has 190 valence electrons. The Kier molecular flexibility index (Phi) is 5.81. The Balaban J connectivity index is 1.47. The van der Waals surface area contributed by atoms with Crippen molar-refractivity contribution < 1.29 is 0 Å². The van der Waals surface area contributed by atoms with Crippen LogP contribution >= 0.6 is 0 Å². The minimum Gasteiger partial charge on any atom is -0.368 e. The third-order valence-electron chi connectivity index (χ3n) is 7.30. The first-order chi connectivity index (χ1) is 17.9. The van der Waals surface area contributed by atoms with Crippen LogP contribution in [0.2, 0.25) is 0 Å². The first-order valence-corrected chi connectivity index (χ1v) is 13.0. The molecule has 37 heavy (non-hydrogen) atoms. The molecule has 10 nitrogen and oxygen atoms in total. The van der Waals surface area contributed by atoms with Crippen LogP contribution in [0.5, 0.6) is 0 Å². The second kappa shape index (κ2) is 9.17. The number of aromatic nitrogens is 7. The lowest BCUT2D eigenvalue weighted by Gasteiger charge is -2.19. The van der Waals surface area contributed by atoms with Crippen LogP contribution in [0.25, 0.3) is 22.6 Å². The molecule has 1 atom stereocenters. The second-order valence-corrected chi connectivity index (χ2v) is 10.2. The number of pyridine rings is 1. The van der Waals surface area contributed by atoms with E-state index >= 15 is 0 Å². The fourth-order valence-electron chi connectivity index (χ4n) is 4.88. The average Bonchev–Trinajstić information content (AvgIpc) is 3.81. The van der Waals surface area contributed by atoms with E-state index in [0.717, 1.165) is 53.9 Å². The molecular formula is C27H31N9O. The third-order valence-corrected chi connectivity index (χ3v) is 7.30. The topological polar surface area (TPSA) is 137 Å². The van der Waals surface area contributed by atoms with Gasteiger partial charge in [0.1, 0.15) is 5.52 Å². The molecule has 4 heterocycles. The molecule has 0 unspecified atom stereocenters. The predicted octanol–water partition coefficient (Wildman–Crippen LogP) is 3.95. The van der Waals surface area contributed by atoms with E-state index in [1.807, 2.05) is 32.2 Å². The van der Waals surface area contributed by atoms with Gasteiger partial charge in [0.2, 0.25) is 5.95 Å². The van der Waals surface area contributed by atoms with Crippen molar-refractivity contribution in [3.8, 4) is 11.4 Å². The Morgan fingerprint density at radius 3 is 2.57 bits per heavy atom. The van der Waals surface area contributed by atoms with Gasteiger partial charge in [-0.2, -0.15) is 0 Å². The van der Waals surface area contributed by atoms with Gasteiger partial charge in [-0.25, -0.2) is 24.9 Å². The van der Waals surface area contributed by atoms with Crippen LogP contribution in [0.3, 0.4) is 0 Å². The van der Waals surface area contributed by atoms with E-state index in [1.165, 1.54) is 0 Å². The highest BCUT2D eigenvalue weighted by Crippen LogP contribution is 2.44. The van der Waals surface area contributed by atoms with Gasteiger partial charge in [0.05, 0.1) is 35.4 Å². The van der Waals surface area contributed by atoms with Gasteiger partial charge in [0, 0.05) is 18.2 Å². The molecule has 4 aromatic rings. The van der Waals surface area contributed by atoms with Crippen LogP contribution in [0.4, 0.5) is 11.8 Å². The van der Waals surface area contributed by atoms with Crippen molar-refractivity contribution in [2.24, 2.45) is 5.92 Å². The van der Waals surface area contributed by atoms with Crippen LogP contribution in [0.1, 0.15) is 74.1 Å². The normalized spacial score (nSPS) is 16.2. The van der Waals surface area contributed by atoms with Crippen molar-refractivity contribution in [2.45, 2.75) is 71.4 Å². The van der Waals surface area contributed by atoms with Crippen LogP contribution in [0, 0.1) is 12.8 Å². The molecule has 2 aliphatic rings. The Hall–Kier alpha value is -3.95. The summed E-state index contributed by atoms with van der Waals surface area (Å²) >= 11 is 0. The Morgan fingerprint density at radius 2 is 1.89 bits per heavy atom. The molecule has 6 rings (SSSR count). The van der Waals surface area contributed by atoms with Crippen molar-refractivity contribution in [2.75, 3.05) is 11.1 Å². The van der Waals surface area contributed by atoms with Crippen molar-refractivity contribution in [3.63, 3.8) is 0 Å². The first-order valence-electron chi connectivity index (χ1n) is 13.0. The van der Waals surface area contributed by atoms with Gasteiger partial charge in [-0.3, -0.25) is 14.3 Å². The fraction of sp³-hybridized carbons (Fsp3) is 0.444. The molecule has 0 saturated heterocycles. The summed E-state index contributed by atoms with van der Waals surface area (Å²) in [7, 11) is 0. The van der Waals surface area contributed by atoms with E-state index in [1.54, 1.807) is 10.8 Å². The number of nitrogens with zero attached hydrogens (tertiary/aromatic N) is 7. The molecule has 2 aliphatic carbocycles. The van der Waals surface area contributed by atoms with Crippen molar-refractivity contribution >= 4 is 22.9 Å². The maximum absolute atomic E-state index is 13.7. The van der Waals surface area contributed by atoms with Crippen LogP contribution in [-0.2, 0) is 13.0 Å². The summed E-state index contributed by atoms with van der Waals surface area (Å²) in [6, 6.07) is 3.94. The van der Waals surface area contributed by atoms with Gasteiger partial charge in [0.25, 0.3) is 5.56 Å². The quantitative estimate of drug-likeness (QED) is 0.370. The summed E-state index contributed by atoms with van der Waals surface area (Å²) in [6.07, 6.45) is 8.53. The van der Waals surface area contributed by atoms with Gasteiger partial charge in [-0.05, 0) is 63.5 Å². The molecule has 2 fully saturated rings. The van der Waals surface area contributed by atoms with E-state index in [-0.39, 0.29) is 23.4 Å². The highest BCUT2D eigenvalue weighted by molar-refractivity contribution is 5.75. The SMILES string of the molecule is CCc1nc(N)nc(C2CC2)c1-c1ncc2nc(NCc3ccc(C)cn3)c(=O)n([C@@H](C)C3CC3)c2n1. The lowest BCUT2D eigenvalue weighted by atomic mass is 10.1. The number of hydrogen-bond donors (Lipinski definition) is 2. The predicted molar refractivity (Wildman–Crippen MR) is 142 cm³/mol. The fourth-order valence-corrected chi connectivity index (χ4v) is 4.88. The van der Waals surface area contributed by atoms with E-state index in [2.05, 4.69) is 32.2 Å². The zero-order chi connectivity index (χ0) is 25.7. The van der Waals surface area contributed by atoms with Crippen molar-refractivity contribution in [3.05, 3.63) is 57.5 Å². The summed E-state index contributed by atoms with van der Waals surface area (Å²) in [5, 5.41) is 3.20. The van der Waals surface area contributed by atoms with Crippen molar-refractivity contribution in [1.82, 2.24) is 34.5 Å². The molecule has 0 radical (unpaired) electrons. The average molecular weight is 498 g/mol. The molecular weight excluding hydrogens is 466 g/mol.